The van der Waals surface area contributed by atoms with Crippen molar-refractivity contribution in [2.75, 3.05) is 19.8 Å². The molecule has 6 heteroatoms. The number of hydrogen-bond donors (Lipinski definition) is 1. The molecule has 0 bridgehead atoms. The summed E-state index contributed by atoms with van der Waals surface area (Å²) >= 11 is 3.26. The topological polar surface area (TPSA) is 78.6 Å². The number of aldehydes is 1. The number of carbonyl (C=O) groups excluding carboxylic acids is 2. The molecule has 0 spiro atoms. The molecule has 0 saturated heterocycles. The Labute approximate surface area is 112 Å². The fourth-order valence-corrected chi connectivity index (χ4v) is 2.28. The molecule has 0 unspecified atom stereocenters. The highest BCUT2D eigenvalue weighted by Gasteiger charge is 2.25. The fourth-order valence-electron chi connectivity index (χ4n) is 1.78. The standard InChI is InChI=1S/C12H12BrNO4/c13-9-5-7(10(16)1-2-14)11-12(8(9)6-15)18-4-3-17-11/h5-6H,1-4,14H2. The molecular formula is C12H12BrNO4. The third-order valence-electron chi connectivity index (χ3n) is 2.59. The van der Waals surface area contributed by atoms with Crippen molar-refractivity contribution in [3.05, 3.63) is 21.7 Å². The smallest absolute Gasteiger partial charge is 0.173 e. The van der Waals surface area contributed by atoms with Gasteiger partial charge in [-0.2, -0.15) is 0 Å². The summed E-state index contributed by atoms with van der Waals surface area (Å²) in [6.07, 6.45) is 0.900. The van der Waals surface area contributed by atoms with Crippen molar-refractivity contribution >= 4 is 28.0 Å². The number of rotatable bonds is 4. The molecule has 2 N–H and O–H groups in total. The van der Waals surface area contributed by atoms with Crippen LogP contribution in [0.5, 0.6) is 11.5 Å². The van der Waals surface area contributed by atoms with Crippen molar-refractivity contribution in [1.29, 1.82) is 0 Å². The molecule has 0 atom stereocenters. The molecule has 0 amide bonds. The Morgan fingerprint density at radius 3 is 2.67 bits per heavy atom. The van der Waals surface area contributed by atoms with Crippen molar-refractivity contribution in [3.63, 3.8) is 0 Å². The quantitative estimate of drug-likeness (QED) is 0.674. The molecule has 5 nitrogen and oxygen atoms in total. The van der Waals surface area contributed by atoms with E-state index in [9.17, 15) is 9.59 Å². The number of hydrogen-bond acceptors (Lipinski definition) is 5. The van der Waals surface area contributed by atoms with Gasteiger partial charge in [-0.05, 0) is 28.5 Å². The second-order valence-electron chi connectivity index (χ2n) is 3.75. The molecule has 0 fully saturated rings. The maximum atomic E-state index is 11.9. The first-order chi connectivity index (χ1) is 8.69. The summed E-state index contributed by atoms with van der Waals surface area (Å²) in [5.41, 5.74) is 6.13. The Bertz CT molecular complexity index is 501. The molecule has 0 radical (unpaired) electrons. The highest BCUT2D eigenvalue weighted by atomic mass is 79.9. The fraction of sp³-hybridized carbons (Fsp3) is 0.333. The minimum Gasteiger partial charge on any atom is -0.485 e. The highest BCUT2D eigenvalue weighted by molar-refractivity contribution is 9.10. The van der Waals surface area contributed by atoms with Gasteiger partial charge in [0.25, 0.3) is 0 Å². The van der Waals surface area contributed by atoms with Crippen LogP contribution in [-0.4, -0.2) is 31.8 Å². The monoisotopic (exact) mass is 313 g/mol. The minimum absolute atomic E-state index is 0.127. The Morgan fingerprint density at radius 2 is 2.06 bits per heavy atom. The van der Waals surface area contributed by atoms with Gasteiger partial charge in [-0.3, -0.25) is 9.59 Å². The van der Waals surface area contributed by atoms with E-state index in [0.717, 1.165) is 0 Å². The molecule has 2 rings (SSSR count). The van der Waals surface area contributed by atoms with E-state index in [1.54, 1.807) is 6.07 Å². The van der Waals surface area contributed by atoms with E-state index in [-0.39, 0.29) is 18.7 Å². The molecule has 18 heavy (non-hydrogen) atoms. The first kappa shape index (κ1) is 13.0. The number of ketones is 1. The number of fused-ring (bicyclic) bond motifs is 1. The van der Waals surface area contributed by atoms with E-state index in [4.69, 9.17) is 15.2 Å². The number of halogens is 1. The lowest BCUT2D eigenvalue weighted by Gasteiger charge is -2.22. The van der Waals surface area contributed by atoms with Crippen molar-refractivity contribution in [2.45, 2.75) is 6.42 Å². The summed E-state index contributed by atoms with van der Waals surface area (Å²) in [7, 11) is 0. The summed E-state index contributed by atoms with van der Waals surface area (Å²) in [5, 5.41) is 0. The van der Waals surface area contributed by atoms with Gasteiger partial charge in [0.15, 0.2) is 23.6 Å². The number of benzene rings is 1. The summed E-state index contributed by atoms with van der Waals surface area (Å²) in [4.78, 5) is 23.0. The number of nitrogens with two attached hydrogens (primary N) is 1. The van der Waals surface area contributed by atoms with Crippen molar-refractivity contribution in [1.82, 2.24) is 0 Å². The summed E-state index contributed by atoms with van der Waals surface area (Å²) in [5.74, 6) is 0.536. The van der Waals surface area contributed by atoms with Crippen LogP contribution in [0.4, 0.5) is 0 Å². The van der Waals surface area contributed by atoms with Crippen LogP contribution in [-0.2, 0) is 0 Å². The second-order valence-corrected chi connectivity index (χ2v) is 4.61. The maximum absolute atomic E-state index is 11.9. The zero-order valence-corrected chi connectivity index (χ0v) is 11.2. The zero-order valence-electron chi connectivity index (χ0n) is 9.57. The third-order valence-corrected chi connectivity index (χ3v) is 3.25. The van der Waals surface area contributed by atoms with E-state index < -0.39 is 0 Å². The van der Waals surface area contributed by atoms with Crippen LogP contribution >= 0.6 is 15.9 Å². The van der Waals surface area contributed by atoms with Gasteiger partial charge in [-0.25, -0.2) is 0 Å². The molecule has 0 aromatic heterocycles. The molecule has 1 aliphatic rings. The van der Waals surface area contributed by atoms with Crippen LogP contribution in [0.15, 0.2) is 10.5 Å². The molecule has 1 aromatic carbocycles. The minimum atomic E-state index is -0.127. The van der Waals surface area contributed by atoms with Crippen molar-refractivity contribution in [2.24, 2.45) is 5.73 Å². The van der Waals surface area contributed by atoms with Crippen LogP contribution in [0, 0.1) is 0 Å². The normalized spacial score (nSPS) is 13.2. The number of carbonyl (C=O) groups is 2. The van der Waals surface area contributed by atoms with Crippen LogP contribution in [0.3, 0.4) is 0 Å². The Morgan fingerprint density at radius 1 is 1.39 bits per heavy atom. The van der Waals surface area contributed by atoms with Gasteiger partial charge in [-0.15, -0.1) is 0 Å². The largest absolute Gasteiger partial charge is 0.485 e. The number of Topliss-reactive ketones (excluding diaryl/α,β-unsaturated/α-hetero) is 1. The van der Waals surface area contributed by atoms with E-state index >= 15 is 0 Å². The molecule has 1 heterocycles. The SMILES string of the molecule is NCCC(=O)c1cc(Br)c(C=O)c2c1OCCO2. The van der Waals surface area contributed by atoms with Crippen molar-refractivity contribution < 1.29 is 19.1 Å². The molecule has 1 aromatic rings. The van der Waals surface area contributed by atoms with Crippen molar-refractivity contribution in [3.8, 4) is 11.5 Å². The average molecular weight is 314 g/mol. The summed E-state index contributed by atoms with van der Waals surface area (Å²) < 4.78 is 11.4. The first-order valence-electron chi connectivity index (χ1n) is 5.49. The Hall–Kier alpha value is -1.40. The molecule has 0 saturated carbocycles. The molecule has 96 valence electrons. The summed E-state index contributed by atoms with van der Waals surface area (Å²) in [6.45, 7) is 0.978. The van der Waals surface area contributed by atoms with Gasteiger partial charge in [0, 0.05) is 10.9 Å². The molecular weight excluding hydrogens is 302 g/mol. The van der Waals surface area contributed by atoms with E-state index in [0.29, 0.717) is 46.6 Å². The predicted octanol–water partition coefficient (Wildman–Crippen LogP) is 1.56. The summed E-state index contributed by atoms with van der Waals surface area (Å²) in [6, 6.07) is 1.58. The highest BCUT2D eigenvalue weighted by Crippen LogP contribution is 2.41. The zero-order chi connectivity index (χ0) is 13.1. The van der Waals surface area contributed by atoms with E-state index in [1.165, 1.54) is 0 Å². The number of ether oxygens (including phenoxy) is 2. The van der Waals surface area contributed by atoms with Crippen LogP contribution < -0.4 is 15.2 Å². The van der Waals surface area contributed by atoms with Gasteiger partial charge < -0.3 is 15.2 Å². The van der Waals surface area contributed by atoms with Gasteiger partial charge in [0.1, 0.15) is 13.2 Å². The Balaban J connectivity index is 2.57. The first-order valence-corrected chi connectivity index (χ1v) is 6.29. The van der Waals surface area contributed by atoms with E-state index in [2.05, 4.69) is 15.9 Å². The van der Waals surface area contributed by atoms with Gasteiger partial charge >= 0.3 is 0 Å². The van der Waals surface area contributed by atoms with Crippen LogP contribution in [0.1, 0.15) is 27.1 Å². The predicted molar refractivity (Wildman–Crippen MR) is 68.5 cm³/mol. The second kappa shape index (κ2) is 5.49. The van der Waals surface area contributed by atoms with Gasteiger partial charge in [-0.1, -0.05) is 0 Å². The lowest BCUT2D eigenvalue weighted by atomic mass is 10.0. The Kier molecular flexibility index (Phi) is 3.98. The van der Waals surface area contributed by atoms with Crippen LogP contribution in [0.25, 0.3) is 0 Å². The lowest BCUT2D eigenvalue weighted by Crippen LogP contribution is -2.20. The van der Waals surface area contributed by atoms with Crippen LogP contribution in [0.2, 0.25) is 0 Å². The average Bonchev–Trinajstić information content (AvgIpc) is 2.38. The van der Waals surface area contributed by atoms with E-state index in [1.807, 2.05) is 0 Å². The maximum Gasteiger partial charge on any atom is 0.173 e. The lowest BCUT2D eigenvalue weighted by molar-refractivity contribution is 0.0971. The third kappa shape index (κ3) is 2.26. The van der Waals surface area contributed by atoms with Gasteiger partial charge in [0.05, 0.1) is 11.1 Å². The molecule has 0 aliphatic carbocycles. The molecule has 1 aliphatic heterocycles. The van der Waals surface area contributed by atoms with Gasteiger partial charge in [0.2, 0.25) is 0 Å².